The lowest BCUT2D eigenvalue weighted by molar-refractivity contribution is -0.286. The number of fused-ring (bicyclic) bond motifs is 3. The number of aromatic nitrogens is 3. The van der Waals surface area contributed by atoms with E-state index in [1.807, 2.05) is 13.0 Å². The van der Waals surface area contributed by atoms with E-state index in [-0.39, 0.29) is 41.3 Å². The fraction of sp³-hybridized carbons (Fsp3) is 0.250. The lowest BCUT2D eigenvalue weighted by Crippen LogP contribution is -2.30. The summed E-state index contributed by atoms with van der Waals surface area (Å²) < 4.78 is 36.8. The number of halogens is 2. The number of ketones is 1. The molecule has 2 amide bonds. The third-order valence-electron chi connectivity index (χ3n) is 7.12. The number of hydrogen-bond acceptors (Lipinski definition) is 7. The van der Waals surface area contributed by atoms with Crippen molar-refractivity contribution in [2.24, 2.45) is 0 Å². The highest BCUT2D eigenvalue weighted by atomic mass is 19.3. The molecule has 1 atom stereocenters. The first-order chi connectivity index (χ1) is 19.1. The summed E-state index contributed by atoms with van der Waals surface area (Å²) in [6.07, 6.45) is -0.860. The molecule has 0 saturated heterocycles. The molecule has 0 spiro atoms. The average molecular weight is 548 g/mol. The van der Waals surface area contributed by atoms with Gasteiger partial charge in [-0.05, 0) is 61.1 Å². The number of rotatable bonds is 6. The molecule has 2 aliphatic rings. The number of nitrogens with one attached hydrogen (secondary N) is 2. The first-order valence-electron chi connectivity index (χ1n) is 12.6. The van der Waals surface area contributed by atoms with Crippen molar-refractivity contribution >= 4 is 23.2 Å². The molecule has 3 heterocycles. The average Bonchev–Trinajstić information content (AvgIpc) is 3.62. The highest BCUT2D eigenvalue weighted by Gasteiger charge is 2.43. The zero-order valence-corrected chi connectivity index (χ0v) is 21.5. The summed E-state index contributed by atoms with van der Waals surface area (Å²) >= 11 is 0. The highest BCUT2D eigenvalue weighted by Crippen LogP contribution is 2.41. The van der Waals surface area contributed by atoms with Gasteiger partial charge in [0.15, 0.2) is 22.9 Å². The van der Waals surface area contributed by atoms with Gasteiger partial charge in [0.05, 0.1) is 12.2 Å². The number of benzene rings is 2. The summed E-state index contributed by atoms with van der Waals surface area (Å²) in [4.78, 5) is 42.7. The second-order valence-corrected chi connectivity index (χ2v) is 9.69. The van der Waals surface area contributed by atoms with Crippen LogP contribution in [0.3, 0.4) is 0 Å². The smallest absolute Gasteiger partial charge is 0.395 e. The quantitative estimate of drug-likeness (QED) is 0.351. The SMILES string of the molecule is CC(=O)c1ccc2c(c1C)CC[C@@H]2NC(=O)c1cc(C(=O)NCc2ccc3c(c2)OC(F)(F)O3)nc2ccnn12. The van der Waals surface area contributed by atoms with E-state index in [1.165, 1.54) is 41.9 Å². The van der Waals surface area contributed by atoms with E-state index in [2.05, 4.69) is 30.2 Å². The Balaban J connectivity index is 1.20. The van der Waals surface area contributed by atoms with Crippen molar-refractivity contribution in [3.8, 4) is 11.5 Å². The van der Waals surface area contributed by atoms with Gasteiger partial charge in [-0.2, -0.15) is 5.10 Å². The van der Waals surface area contributed by atoms with Crippen LogP contribution in [-0.2, 0) is 13.0 Å². The number of hydrogen-bond donors (Lipinski definition) is 2. The van der Waals surface area contributed by atoms with Crippen molar-refractivity contribution in [3.63, 3.8) is 0 Å². The molecular formula is C28H23F2N5O5. The Morgan fingerprint density at radius 1 is 1.07 bits per heavy atom. The molecule has 0 bridgehead atoms. The molecule has 4 aromatic rings. The molecule has 6 rings (SSSR count). The van der Waals surface area contributed by atoms with Crippen LogP contribution in [0.4, 0.5) is 8.78 Å². The van der Waals surface area contributed by atoms with Crippen molar-refractivity contribution in [1.29, 1.82) is 0 Å². The Kier molecular flexibility index (Phi) is 5.97. The summed E-state index contributed by atoms with van der Waals surface area (Å²) in [5.74, 6) is -1.23. The third kappa shape index (κ3) is 4.51. The van der Waals surface area contributed by atoms with Crippen LogP contribution in [-0.4, -0.2) is 38.5 Å². The van der Waals surface area contributed by atoms with Crippen LogP contribution in [0.5, 0.6) is 11.5 Å². The van der Waals surface area contributed by atoms with Gasteiger partial charge in [-0.15, -0.1) is 8.78 Å². The van der Waals surface area contributed by atoms with Gasteiger partial charge >= 0.3 is 6.29 Å². The van der Waals surface area contributed by atoms with Crippen molar-refractivity contribution in [2.45, 2.75) is 45.6 Å². The van der Waals surface area contributed by atoms with E-state index in [0.717, 1.165) is 23.1 Å². The molecule has 10 nitrogen and oxygen atoms in total. The largest absolute Gasteiger partial charge is 0.586 e. The lowest BCUT2D eigenvalue weighted by atomic mass is 9.96. The van der Waals surface area contributed by atoms with Crippen molar-refractivity contribution in [3.05, 3.63) is 87.9 Å². The summed E-state index contributed by atoms with van der Waals surface area (Å²) in [6, 6.07) is 10.5. The third-order valence-corrected chi connectivity index (χ3v) is 7.12. The van der Waals surface area contributed by atoms with E-state index in [4.69, 9.17) is 0 Å². The molecule has 2 aromatic carbocycles. The normalized spacial score (nSPS) is 16.6. The van der Waals surface area contributed by atoms with Gasteiger partial charge in [0.2, 0.25) is 0 Å². The van der Waals surface area contributed by atoms with Gasteiger partial charge in [0.25, 0.3) is 11.8 Å². The molecule has 0 unspecified atom stereocenters. The lowest BCUT2D eigenvalue weighted by Gasteiger charge is -2.16. The molecule has 204 valence electrons. The van der Waals surface area contributed by atoms with E-state index in [9.17, 15) is 23.2 Å². The van der Waals surface area contributed by atoms with E-state index < -0.39 is 18.1 Å². The molecule has 1 aliphatic carbocycles. The van der Waals surface area contributed by atoms with Crippen molar-refractivity contribution in [1.82, 2.24) is 25.2 Å². The van der Waals surface area contributed by atoms with Crippen molar-refractivity contribution in [2.75, 3.05) is 0 Å². The van der Waals surface area contributed by atoms with Gasteiger partial charge in [0, 0.05) is 24.2 Å². The maximum absolute atomic E-state index is 13.4. The van der Waals surface area contributed by atoms with Crippen LogP contribution in [0.2, 0.25) is 0 Å². The summed E-state index contributed by atoms with van der Waals surface area (Å²) in [5, 5.41) is 9.90. The van der Waals surface area contributed by atoms with Crippen LogP contribution >= 0.6 is 0 Å². The van der Waals surface area contributed by atoms with Crippen LogP contribution in [0.1, 0.15) is 73.0 Å². The first-order valence-corrected chi connectivity index (χ1v) is 12.6. The zero-order chi connectivity index (χ0) is 28.2. The van der Waals surface area contributed by atoms with Gasteiger partial charge in [-0.1, -0.05) is 18.2 Å². The van der Waals surface area contributed by atoms with Crippen LogP contribution in [0, 0.1) is 6.92 Å². The van der Waals surface area contributed by atoms with Crippen LogP contribution < -0.4 is 20.1 Å². The molecule has 2 N–H and O–H groups in total. The fourth-order valence-corrected chi connectivity index (χ4v) is 5.21. The molecule has 2 aromatic heterocycles. The molecule has 0 radical (unpaired) electrons. The monoisotopic (exact) mass is 547 g/mol. The fourth-order valence-electron chi connectivity index (χ4n) is 5.21. The van der Waals surface area contributed by atoms with Gasteiger partial charge in [-0.3, -0.25) is 14.4 Å². The maximum atomic E-state index is 13.4. The predicted octanol–water partition coefficient (Wildman–Crippen LogP) is 3.91. The first kappa shape index (κ1) is 25.4. The molecule has 40 heavy (non-hydrogen) atoms. The number of carbonyl (C=O) groups is 3. The van der Waals surface area contributed by atoms with Gasteiger partial charge < -0.3 is 20.1 Å². The number of amides is 2. The number of ether oxygens (including phenoxy) is 2. The minimum Gasteiger partial charge on any atom is -0.395 e. The highest BCUT2D eigenvalue weighted by molar-refractivity contribution is 5.99. The van der Waals surface area contributed by atoms with E-state index in [0.29, 0.717) is 23.2 Å². The van der Waals surface area contributed by atoms with Crippen LogP contribution in [0.15, 0.2) is 48.7 Å². The maximum Gasteiger partial charge on any atom is 0.586 e. The Bertz CT molecular complexity index is 1720. The number of alkyl halides is 2. The Hall–Kier alpha value is -4.87. The standard InChI is InChI=1S/C28H23F2N5O5/c1-14-17(15(2)36)4-5-19-18(14)6-7-20(19)34-27(38)22-12-21(33-25-9-10-32-35(22)25)26(37)31-13-16-3-8-23-24(11-16)40-28(29,30)39-23/h3-5,8-12,20H,6-7,13H2,1-2H3,(H,31,37)(H,34,38)/t20-/m0/s1. The van der Waals surface area contributed by atoms with E-state index in [1.54, 1.807) is 12.1 Å². The summed E-state index contributed by atoms with van der Waals surface area (Å²) in [6.45, 7) is 3.45. The minimum atomic E-state index is -3.73. The number of nitrogens with zero attached hydrogens (tertiary/aromatic N) is 3. The second kappa shape index (κ2) is 9.40. The zero-order valence-electron chi connectivity index (χ0n) is 21.5. The Morgan fingerprint density at radius 2 is 1.88 bits per heavy atom. The van der Waals surface area contributed by atoms with E-state index >= 15 is 0 Å². The predicted molar refractivity (Wildman–Crippen MR) is 137 cm³/mol. The molecule has 0 fully saturated rings. The Labute approximate surface area is 226 Å². The topological polar surface area (TPSA) is 124 Å². The minimum absolute atomic E-state index is 0.00322. The molecule has 1 aliphatic heterocycles. The second-order valence-electron chi connectivity index (χ2n) is 9.69. The van der Waals surface area contributed by atoms with Crippen LogP contribution in [0.25, 0.3) is 5.65 Å². The number of carbonyl (C=O) groups excluding carboxylic acids is 3. The summed E-state index contributed by atoms with van der Waals surface area (Å²) in [7, 11) is 0. The molecular weight excluding hydrogens is 524 g/mol. The Morgan fingerprint density at radius 3 is 2.67 bits per heavy atom. The van der Waals surface area contributed by atoms with Crippen molar-refractivity contribution < 1.29 is 32.6 Å². The summed E-state index contributed by atoms with van der Waals surface area (Å²) in [5.41, 5.74) is 4.53. The van der Waals surface area contributed by atoms with Gasteiger partial charge in [0.1, 0.15) is 11.4 Å². The number of Topliss-reactive ketones (excluding diaryl/α,β-unsaturated/α-hetero) is 1. The molecule has 0 saturated carbocycles. The molecule has 12 heteroatoms. The van der Waals surface area contributed by atoms with Gasteiger partial charge in [-0.25, -0.2) is 9.50 Å².